The molecular formula is C20H28N4O2. The number of likely N-dealkylation sites (tertiary alicyclic amines) is 1. The van der Waals surface area contributed by atoms with Crippen LogP contribution in [0.4, 0.5) is 0 Å². The first kappa shape index (κ1) is 17.5. The molecule has 1 aromatic heterocycles. The number of rotatable bonds is 3. The van der Waals surface area contributed by atoms with E-state index in [1.165, 1.54) is 5.52 Å². The maximum Gasteiger partial charge on any atom is 0.239 e. The van der Waals surface area contributed by atoms with Crippen LogP contribution in [0.15, 0.2) is 24.3 Å². The molecule has 2 N–H and O–H groups in total. The number of nitrogens with zero attached hydrogens (tertiary/aromatic N) is 3. The van der Waals surface area contributed by atoms with Crippen LogP contribution in [0, 0.1) is 0 Å². The number of hydrogen-bond donors (Lipinski definition) is 2. The zero-order chi connectivity index (χ0) is 18.3. The van der Waals surface area contributed by atoms with E-state index in [-0.39, 0.29) is 17.9 Å². The van der Waals surface area contributed by atoms with Crippen molar-refractivity contribution >= 4 is 16.9 Å². The van der Waals surface area contributed by atoms with Crippen molar-refractivity contribution in [1.82, 2.24) is 19.8 Å². The van der Waals surface area contributed by atoms with Crippen LogP contribution >= 0.6 is 0 Å². The van der Waals surface area contributed by atoms with Crippen LogP contribution in [-0.2, 0) is 4.79 Å². The molecule has 0 unspecified atom stereocenters. The van der Waals surface area contributed by atoms with Gasteiger partial charge < -0.3 is 19.9 Å². The molecule has 2 fully saturated rings. The number of nitrogens with one attached hydrogen (secondary N) is 1. The average Bonchev–Trinajstić information content (AvgIpc) is 3.24. The van der Waals surface area contributed by atoms with Crippen molar-refractivity contribution in [3.63, 3.8) is 0 Å². The Morgan fingerprint density at radius 1 is 1.35 bits per heavy atom. The fourth-order valence-electron chi connectivity index (χ4n) is 4.41. The smallest absolute Gasteiger partial charge is 0.239 e. The number of carbonyl (C=O) groups is 1. The number of para-hydroxylation sites is 2. The molecule has 0 bridgehead atoms. The van der Waals surface area contributed by atoms with Crippen LogP contribution in [0.3, 0.4) is 0 Å². The minimum Gasteiger partial charge on any atom is -0.392 e. The van der Waals surface area contributed by atoms with Crippen molar-refractivity contribution in [2.45, 2.75) is 57.2 Å². The predicted molar refractivity (Wildman–Crippen MR) is 101 cm³/mol. The fraction of sp³-hybridized carbons (Fsp3) is 0.600. The molecule has 26 heavy (non-hydrogen) atoms. The molecule has 1 aromatic carbocycles. The van der Waals surface area contributed by atoms with Gasteiger partial charge in [-0.25, -0.2) is 4.98 Å². The molecule has 2 aliphatic rings. The molecule has 0 saturated carbocycles. The molecule has 0 aliphatic carbocycles. The van der Waals surface area contributed by atoms with E-state index in [4.69, 9.17) is 4.98 Å². The van der Waals surface area contributed by atoms with Gasteiger partial charge in [-0.15, -0.1) is 0 Å². The number of imidazole rings is 1. The molecule has 0 radical (unpaired) electrons. The summed E-state index contributed by atoms with van der Waals surface area (Å²) in [5, 5.41) is 12.9. The molecule has 0 spiro atoms. The summed E-state index contributed by atoms with van der Waals surface area (Å²) in [6.45, 7) is 6.39. The Bertz CT molecular complexity index is 800. The Labute approximate surface area is 154 Å². The first-order chi connectivity index (χ1) is 12.5. The summed E-state index contributed by atoms with van der Waals surface area (Å²) in [5.74, 6) is 1.48. The SMILES string of the molecule is CC(C)n1c([C@@H]2CCCN(C(=O)[C@@H]3C[C@@H](O)CN3)C2)nc2ccccc21. The van der Waals surface area contributed by atoms with E-state index in [1.807, 2.05) is 11.0 Å². The van der Waals surface area contributed by atoms with E-state index in [0.29, 0.717) is 25.6 Å². The van der Waals surface area contributed by atoms with Crippen LogP contribution in [0.2, 0.25) is 0 Å². The van der Waals surface area contributed by atoms with Gasteiger partial charge in [-0.3, -0.25) is 4.79 Å². The Morgan fingerprint density at radius 2 is 2.15 bits per heavy atom. The van der Waals surface area contributed by atoms with Gasteiger partial charge in [-0.2, -0.15) is 0 Å². The third-order valence-electron chi connectivity index (χ3n) is 5.64. The number of β-amino-alcohol motifs (C(OH)–C–C–N with tert-alkyl or cyclic N) is 1. The molecule has 3 heterocycles. The van der Waals surface area contributed by atoms with Gasteiger partial charge in [0.15, 0.2) is 0 Å². The summed E-state index contributed by atoms with van der Waals surface area (Å²) in [5.41, 5.74) is 2.20. The number of hydrogen-bond acceptors (Lipinski definition) is 4. The van der Waals surface area contributed by atoms with E-state index < -0.39 is 6.10 Å². The fourth-order valence-corrected chi connectivity index (χ4v) is 4.41. The lowest BCUT2D eigenvalue weighted by Crippen LogP contribution is -2.47. The van der Waals surface area contributed by atoms with Gasteiger partial charge in [0, 0.05) is 31.6 Å². The normalized spacial score (nSPS) is 26.8. The lowest BCUT2D eigenvalue weighted by Gasteiger charge is -2.34. The number of aliphatic hydroxyl groups excluding tert-OH is 1. The second-order valence-electron chi connectivity index (χ2n) is 7.90. The lowest BCUT2D eigenvalue weighted by molar-refractivity contribution is -0.134. The molecule has 6 heteroatoms. The Kier molecular flexibility index (Phi) is 4.71. The van der Waals surface area contributed by atoms with Crippen LogP contribution in [0.5, 0.6) is 0 Å². The molecule has 6 nitrogen and oxygen atoms in total. The van der Waals surface area contributed by atoms with E-state index in [9.17, 15) is 9.90 Å². The van der Waals surface area contributed by atoms with Crippen LogP contribution < -0.4 is 5.32 Å². The quantitative estimate of drug-likeness (QED) is 0.883. The van der Waals surface area contributed by atoms with Crippen molar-refractivity contribution in [1.29, 1.82) is 0 Å². The third-order valence-corrected chi connectivity index (χ3v) is 5.64. The molecular weight excluding hydrogens is 328 g/mol. The summed E-state index contributed by atoms with van der Waals surface area (Å²) >= 11 is 0. The monoisotopic (exact) mass is 356 g/mol. The summed E-state index contributed by atoms with van der Waals surface area (Å²) in [6, 6.07) is 8.36. The van der Waals surface area contributed by atoms with Gasteiger partial charge in [0.25, 0.3) is 0 Å². The topological polar surface area (TPSA) is 70.4 Å². The zero-order valence-corrected chi connectivity index (χ0v) is 15.6. The van der Waals surface area contributed by atoms with Crippen molar-refractivity contribution in [2.75, 3.05) is 19.6 Å². The molecule has 4 rings (SSSR count). The molecule has 3 atom stereocenters. The first-order valence-electron chi connectivity index (χ1n) is 9.71. The highest BCUT2D eigenvalue weighted by Crippen LogP contribution is 2.32. The number of benzene rings is 1. The number of carbonyl (C=O) groups excluding carboxylic acids is 1. The minimum absolute atomic E-state index is 0.124. The third kappa shape index (κ3) is 3.12. The van der Waals surface area contributed by atoms with E-state index in [0.717, 1.165) is 30.7 Å². The largest absolute Gasteiger partial charge is 0.392 e. The Hall–Kier alpha value is -1.92. The Balaban J connectivity index is 1.59. The van der Waals surface area contributed by atoms with Gasteiger partial charge in [0.2, 0.25) is 5.91 Å². The van der Waals surface area contributed by atoms with Crippen LogP contribution in [-0.4, -0.2) is 57.2 Å². The second kappa shape index (κ2) is 7.00. The minimum atomic E-state index is -0.408. The standard InChI is InChI=1S/C20H28N4O2/c1-13(2)24-18-8-4-3-7-16(18)22-19(24)14-6-5-9-23(12-14)20(26)17-10-15(25)11-21-17/h3-4,7-8,13-15,17,21,25H,5-6,9-12H2,1-2H3/t14-,15-,17+/m1/s1. The summed E-state index contributed by atoms with van der Waals surface area (Å²) in [7, 11) is 0. The number of aliphatic hydroxyl groups is 1. The maximum absolute atomic E-state index is 12.8. The summed E-state index contributed by atoms with van der Waals surface area (Å²) in [4.78, 5) is 19.7. The van der Waals surface area contributed by atoms with E-state index >= 15 is 0 Å². The second-order valence-corrected chi connectivity index (χ2v) is 7.90. The highest BCUT2D eigenvalue weighted by atomic mass is 16.3. The summed E-state index contributed by atoms with van der Waals surface area (Å²) < 4.78 is 2.32. The first-order valence-corrected chi connectivity index (χ1v) is 9.71. The van der Waals surface area contributed by atoms with Gasteiger partial charge in [-0.1, -0.05) is 12.1 Å². The number of fused-ring (bicyclic) bond motifs is 1. The predicted octanol–water partition coefficient (Wildman–Crippen LogP) is 2.05. The molecule has 1 amide bonds. The van der Waals surface area contributed by atoms with Crippen molar-refractivity contribution < 1.29 is 9.90 Å². The average molecular weight is 356 g/mol. The van der Waals surface area contributed by atoms with Crippen molar-refractivity contribution in [3.05, 3.63) is 30.1 Å². The maximum atomic E-state index is 12.8. The zero-order valence-electron chi connectivity index (χ0n) is 15.6. The van der Waals surface area contributed by atoms with Crippen LogP contribution in [0.1, 0.15) is 50.9 Å². The van der Waals surface area contributed by atoms with Crippen LogP contribution in [0.25, 0.3) is 11.0 Å². The van der Waals surface area contributed by atoms with Gasteiger partial charge in [-0.05, 0) is 45.2 Å². The number of amides is 1. The molecule has 2 aromatic rings. The highest BCUT2D eigenvalue weighted by molar-refractivity contribution is 5.82. The van der Waals surface area contributed by atoms with Gasteiger partial charge in [0.1, 0.15) is 5.82 Å². The van der Waals surface area contributed by atoms with Gasteiger partial charge >= 0.3 is 0 Å². The van der Waals surface area contributed by atoms with Crippen molar-refractivity contribution in [2.24, 2.45) is 0 Å². The molecule has 2 aliphatic heterocycles. The number of aromatic nitrogens is 2. The lowest BCUT2D eigenvalue weighted by atomic mass is 9.96. The molecule has 2 saturated heterocycles. The number of piperidine rings is 1. The highest BCUT2D eigenvalue weighted by Gasteiger charge is 2.35. The summed E-state index contributed by atoms with van der Waals surface area (Å²) in [6.07, 6.45) is 2.16. The van der Waals surface area contributed by atoms with Crippen molar-refractivity contribution in [3.8, 4) is 0 Å². The van der Waals surface area contributed by atoms with Gasteiger partial charge in [0.05, 0.1) is 23.2 Å². The van der Waals surface area contributed by atoms with E-state index in [1.54, 1.807) is 0 Å². The van der Waals surface area contributed by atoms with E-state index in [2.05, 4.69) is 41.9 Å². The Morgan fingerprint density at radius 3 is 2.88 bits per heavy atom. The molecule has 140 valence electrons.